The number of hydrogen-bond acceptors (Lipinski definition) is 1. The predicted molar refractivity (Wildman–Crippen MR) is 208 cm³/mol. The highest BCUT2D eigenvalue weighted by Crippen LogP contribution is 2.42. The molecule has 0 N–H and O–H groups in total. The first-order valence-corrected chi connectivity index (χ1v) is 16.8. The molecule has 0 amide bonds. The molecule has 0 unspecified atom stereocenters. The topological polar surface area (TPSA) is 3.24 Å². The molecule has 0 heterocycles. The standard InChI is InChI=1S/C48H35N/c1-5-15-36(16-6-1)37-25-27-41(28-26-37)46-23-13-14-24-48(46)49(43-21-11-4-12-22-43)44-32-29-38(30-33-44)42-31-34-45(39-17-7-2-8-18-39)47(35-42)40-19-9-3-10-20-40/h1-35H. The van der Waals surface area contributed by atoms with Crippen molar-refractivity contribution in [2.75, 3.05) is 4.90 Å². The van der Waals surface area contributed by atoms with Crippen molar-refractivity contribution in [3.05, 3.63) is 212 Å². The van der Waals surface area contributed by atoms with Gasteiger partial charge in [-0.25, -0.2) is 0 Å². The maximum Gasteiger partial charge on any atom is 0.0540 e. The van der Waals surface area contributed by atoms with Gasteiger partial charge in [0.1, 0.15) is 0 Å². The Hall–Kier alpha value is -6.44. The SMILES string of the molecule is c1ccc(-c2ccc(-c3ccccc3N(c3ccccc3)c3ccc(-c4ccc(-c5ccccc5)c(-c5ccccc5)c4)cc3)cc2)cc1. The number of benzene rings is 8. The van der Waals surface area contributed by atoms with E-state index >= 15 is 0 Å². The quantitative estimate of drug-likeness (QED) is 0.162. The first-order chi connectivity index (χ1) is 24.3. The fourth-order valence-electron chi connectivity index (χ4n) is 6.64. The lowest BCUT2D eigenvalue weighted by Crippen LogP contribution is -2.11. The summed E-state index contributed by atoms with van der Waals surface area (Å²) in [5.41, 5.74) is 15.4. The summed E-state index contributed by atoms with van der Waals surface area (Å²) in [5, 5.41) is 0. The van der Waals surface area contributed by atoms with Crippen LogP contribution >= 0.6 is 0 Å². The van der Waals surface area contributed by atoms with E-state index in [1.807, 2.05) is 0 Å². The number of hydrogen-bond donors (Lipinski definition) is 0. The normalized spacial score (nSPS) is 10.9. The lowest BCUT2D eigenvalue weighted by atomic mass is 9.91. The molecule has 0 saturated heterocycles. The van der Waals surface area contributed by atoms with Gasteiger partial charge in [0.2, 0.25) is 0 Å². The van der Waals surface area contributed by atoms with Crippen LogP contribution in [0.15, 0.2) is 212 Å². The van der Waals surface area contributed by atoms with E-state index in [1.165, 1.54) is 55.6 Å². The molecule has 0 aliphatic heterocycles. The van der Waals surface area contributed by atoms with E-state index in [9.17, 15) is 0 Å². The summed E-state index contributed by atoms with van der Waals surface area (Å²) in [4.78, 5) is 2.36. The van der Waals surface area contributed by atoms with Crippen LogP contribution in [0, 0.1) is 0 Å². The molecule has 232 valence electrons. The molecule has 0 radical (unpaired) electrons. The predicted octanol–water partition coefficient (Wildman–Crippen LogP) is 13.5. The second-order valence-corrected chi connectivity index (χ2v) is 12.2. The van der Waals surface area contributed by atoms with Crippen LogP contribution in [0.2, 0.25) is 0 Å². The monoisotopic (exact) mass is 625 g/mol. The van der Waals surface area contributed by atoms with Crippen molar-refractivity contribution in [3.8, 4) is 55.6 Å². The lowest BCUT2D eigenvalue weighted by molar-refractivity contribution is 1.28. The highest BCUT2D eigenvalue weighted by atomic mass is 15.1. The summed E-state index contributed by atoms with van der Waals surface area (Å²) >= 11 is 0. The highest BCUT2D eigenvalue weighted by molar-refractivity contribution is 5.90. The molecule has 0 aliphatic rings. The van der Waals surface area contributed by atoms with Crippen molar-refractivity contribution >= 4 is 17.1 Å². The molecule has 0 aromatic heterocycles. The van der Waals surface area contributed by atoms with Gasteiger partial charge in [0.05, 0.1) is 5.69 Å². The van der Waals surface area contributed by atoms with Gasteiger partial charge < -0.3 is 4.90 Å². The van der Waals surface area contributed by atoms with Crippen LogP contribution in [-0.2, 0) is 0 Å². The first kappa shape index (κ1) is 29.9. The van der Waals surface area contributed by atoms with E-state index in [0.29, 0.717) is 0 Å². The minimum atomic E-state index is 1.10. The Morgan fingerprint density at radius 3 is 1.24 bits per heavy atom. The van der Waals surface area contributed by atoms with E-state index in [2.05, 4.69) is 217 Å². The Balaban J connectivity index is 1.18. The zero-order valence-electron chi connectivity index (χ0n) is 27.2. The van der Waals surface area contributed by atoms with Gasteiger partial charge in [-0.15, -0.1) is 0 Å². The molecule has 0 aliphatic carbocycles. The molecular formula is C48H35N. The zero-order chi connectivity index (χ0) is 32.8. The summed E-state index contributed by atoms with van der Waals surface area (Å²) in [6.45, 7) is 0. The third-order valence-corrected chi connectivity index (χ3v) is 9.11. The maximum absolute atomic E-state index is 2.36. The molecule has 49 heavy (non-hydrogen) atoms. The Bertz CT molecular complexity index is 2280. The molecule has 0 fully saturated rings. The van der Waals surface area contributed by atoms with Crippen LogP contribution in [-0.4, -0.2) is 0 Å². The van der Waals surface area contributed by atoms with E-state index < -0.39 is 0 Å². The molecule has 0 bridgehead atoms. The lowest BCUT2D eigenvalue weighted by Gasteiger charge is -2.28. The van der Waals surface area contributed by atoms with Crippen molar-refractivity contribution < 1.29 is 0 Å². The van der Waals surface area contributed by atoms with E-state index in [0.717, 1.165) is 17.1 Å². The maximum atomic E-state index is 2.36. The highest BCUT2D eigenvalue weighted by Gasteiger charge is 2.17. The molecule has 8 aromatic carbocycles. The molecule has 1 nitrogen and oxygen atoms in total. The fourth-order valence-corrected chi connectivity index (χ4v) is 6.64. The zero-order valence-corrected chi connectivity index (χ0v) is 27.2. The molecule has 0 saturated carbocycles. The average Bonchev–Trinajstić information content (AvgIpc) is 3.20. The second kappa shape index (κ2) is 13.7. The van der Waals surface area contributed by atoms with Crippen LogP contribution in [0.25, 0.3) is 55.6 Å². The summed E-state index contributed by atoms with van der Waals surface area (Å²) in [5.74, 6) is 0. The number of para-hydroxylation sites is 2. The minimum Gasteiger partial charge on any atom is -0.310 e. The smallest absolute Gasteiger partial charge is 0.0540 e. The largest absolute Gasteiger partial charge is 0.310 e. The third kappa shape index (κ3) is 6.31. The van der Waals surface area contributed by atoms with Crippen molar-refractivity contribution in [2.24, 2.45) is 0 Å². The molecule has 0 atom stereocenters. The van der Waals surface area contributed by atoms with Crippen molar-refractivity contribution in [2.45, 2.75) is 0 Å². The van der Waals surface area contributed by atoms with Gasteiger partial charge >= 0.3 is 0 Å². The molecule has 0 spiro atoms. The van der Waals surface area contributed by atoms with Crippen LogP contribution in [0.3, 0.4) is 0 Å². The van der Waals surface area contributed by atoms with Gasteiger partial charge in [-0.2, -0.15) is 0 Å². The van der Waals surface area contributed by atoms with Gasteiger partial charge in [0.25, 0.3) is 0 Å². The van der Waals surface area contributed by atoms with Gasteiger partial charge in [-0.1, -0.05) is 176 Å². The van der Waals surface area contributed by atoms with Crippen LogP contribution < -0.4 is 4.90 Å². The van der Waals surface area contributed by atoms with Gasteiger partial charge in [-0.3, -0.25) is 0 Å². The molecule has 1 heteroatoms. The van der Waals surface area contributed by atoms with Crippen molar-refractivity contribution in [3.63, 3.8) is 0 Å². The Kier molecular flexibility index (Phi) is 8.39. The number of anilines is 3. The van der Waals surface area contributed by atoms with Crippen LogP contribution in [0.4, 0.5) is 17.1 Å². The van der Waals surface area contributed by atoms with E-state index in [1.54, 1.807) is 0 Å². The van der Waals surface area contributed by atoms with Crippen LogP contribution in [0.5, 0.6) is 0 Å². The summed E-state index contributed by atoms with van der Waals surface area (Å²) in [6.07, 6.45) is 0. The van der Waals surface area contributed by atoms with E-state index in [-0.39, 0.29) is 0 Å². The van der Waals surface area contributed by atoms with Crippen molar-refractivity contribution in [1.82, 2.24) is 0 Å². The minimum absolute atomic E-state index is 1.10. The summed E-state index contributed by atoms with van der Waals surface area (Å²) < 4.78 is 0. The first-order valence-electron chi connectivity index (χ1n) is 16.8. The Morgan fingerprint density at radius 1 is 0.224 bits per heavy atom. The summed E-state index contributed by atoms with van der Waals surface area (Å²) in [7, 11) is 0. The van der Waals surface area contributed by atoms with Gasteiger partial charge in [0, 0.05) is 16.9 Å². The number of rotatable bonds is 8. The van der Waals surface area contributed by atoms with Gasteiger partial charge in [-0.05, 0) is 86.5 Å². The Morgan fingerprint density at radius 2 is 0.612 bits per heavy atom. The second-order valence-electron chi connectivity index (χ2n) is 12.2. The molecule has 8 aromatic rings. The summed E-state index contributed by atoms with van der Waals surface area (Å²) in [6, 6.07) is 75.9. The molecular weight excluding hydrogens is 591 g/mol. The average molecular weight is 626 g/mol. The fraction of sp³-hybridized carbons (Fsp3) is 0. The molecule has 8 rings (SSSR count). The van der Waals surface area contributed by atoms with E-state index in [4.69, 9.17) is 0 Å². The third-order valence-electron chi connectivity index (χ3n) is 9.11. The number of nitrogens with zero attached hydrogens (tertiary/aromatic N) is 1. The van der Waals surface area contributed by atoms with Crippen molar-refractivity contribution in [1.29, 1.82) is 0 Å². The van der Waals surface area contributed by atoms with Gasteiger partial charge in [0.15, 0.2) is 0 Å². The van der Waals surface area contributed by atoms with Crippen LogP contribution in [0.1, 0.15) is 0 Å². The Labute approximate surface area is 289 Å².